The van der Waals surface area contributed by atoms with Crippen molar-refractivity contribution in [2.24, 2.45) is 0 Å². The van der Waals surface area contributed by atoms with Crippen molar-refractivity contribution in [1.82, 2.24) is 19.8 Å². The molecule has 168 valence electrons. The van der Waals surface area contributed by atoms with E-state index in [1.165, 1.54) is 16.0 Å². The summed E-state index contributed by atoms with van der Waals surface area (Å²) in [5, 5.41) is 4.69. The zero-order valence-corrected chi connectivity index (χ0v) is 19.9. The molecule has 0 spiro atoms. The Kier molecular flexibility index (Phi) is 7.17. The lowest BCUT2D eigenvalue weighted by Gasteiger charge is -2.26. The maximum atomic E-state index is 12.7. The highest BCUT2D eigenvalue weighted by molar-refractivity contribution is 7.19. The van der Waals surface area contributed by atoms with Gasteiger partial charge in [-0.15, -0.1) is 11.3 Å². The largest absolute Gasteiger partial charge is 0.363 e. The first-order chi connectivity index (χ1) is 15.6. The molecule has 1 atom stereocenters. The number of thiophene rings is 1. The van der Waals surface area contributed by atoms with Crippen molar-refractivity contribution >= 4 is 33.3 Å². The number of anilines is 1. The number of rotatable bonds is 8. The van der Waals surface area contributed by atoms with Crippen LogP contribution in [0.15, 0.2) is 48.8 Å². The molecule has 0 bridgehead atoms. The molecule has 0 radical (unpaired) electrons. The average Bonchev–Trinajstić information content (AvgIpc) is 3.21. The molecule has 0 fully saturated rings. The van der Waals surface area contributed by atoms with E-state index in [4.69, 9.17) is 0 Å². The van der Waals surface area contributed by atoms with Crippen LogP contribution in [-0.2, 0) is 17.8 Å². The minimum Gasteiger partial charge on any atom is -0.363 e. The molecule has 3 aromatic rings. The van der Waals surface area contributed by atoms with E-state index < -0.39 is 0 Å². The highest BCUT2D eigenvalue weighted by Gasteiger charge is 2.25. The van der Waals surface area contributed by atoms with Gasteiger partial charge in [0.25, 0.3) is 0 Å². The lowest BCUT2D eigenvalue weighted by atomic mass is 10.0. The fraction of sp³-hybridized carbons (Fsp3) is 0.400. The number of carbonyl (C=O) groups excluding carboxylic acids is 1. The highest BCUT2D eigenvalue weighted by Crippen LogP contribution is 2.38. The predicted octanol–water partition coefficient (Wildman–Crippen LogP) is 4.65. The summed E-state index contributed by atoms with van der Waals surface area (Å²) in [6.45, 7) is 10.6. The SMILES string of the molecule is CCN(CC)CC=CC(=O)N1CCc2c(sc3ncnc(N[C@H](C)c4ccccc4)c23)C1. The van der Waals surface area contributed by atoms with Crippen molar-refractivity contribution in [3.8, 4) is 0 Å². The van der Waals surface area contributed by atoms with Crippen LogP contribution in [0.1, 0.15) is 42.8 Å². The number of hydrogen-bond acceptors (Lipinski definition) is 6. The molecule has 3 heterocycles. The highest BCUT2D eigenvalue weighted by atomic mass is 32.1. The van der Waals surface area contributed by atoms with Crippen molar-refractivity contribution in [3.05, 3.63) is 64.8 Å². The Hall–Kier alpha value is -2.77. The summed E-state index contributed by atoms with van der Waals surface area (Å²) in [7, 11) is 0. The second-order valence-electron chi connectivity index (χ2n) is 8.08. The van der Waals surface area contributed by atoms with E-state index in [2.05, 4.69) is 65.2 Å². The number of aromatic nitrogens is 2. The molecule has 1 aromatic carbocycles. The molecule has 7 heteroatoms. The number of benzene rings is 1. The molecule has 1 aliphatic rings. The third-order valence-corrected chi connectivity index (χ3v) is 7.24. The number of nitrogens with zero attached hydrogens (tertiary/aromatic N) is 4. The molecule has 1 aliphatic heterocycles. The van der Waals surface area contributed by atoms with E-state index in [0.29, 0.717) is 6.54 Å². The van der Waals surface area contributed by atoms with Crippen LogP contribution in [0.3, 0.4) is 0 Å². The molecule has 2 aromatic heterocycles. The van der Waals surface area contributed by atoms with Crippen molar-refractivity contribution in [2.45, 2.75) is 39.8 Å². The second kappa shape index (κ2) is 10.2. The van der Waals surface area contributed by atoms with Crippen LogP contribution in [0.2, 0.25) is 0 Å². The molecular weight excluding hydrogens is 418 g/mol. The number of likely N-dealkylation sites (N-methyl/N-ethyl adjacent to an activating group) is 1. The monoisotopic (exact) mass is 449 g/mol. The molecule has 32 heavy (non-hydrogen) atoms. The van der Waals surface area contributed by atoms with Crippen molar-refractivity contribution in [2.75, 3.05) is 31.5 Å². The molecule has 4 rings (SSSR count). The minimum absolute atomic E-state index is 0.0856. The van der Waals surface area contributed by atoms with Gasteiger partial charge in [-0.3, -0.25) is 4.79 Å². The van der Waals surface area contributed by atoms with Crippen molar-refractivity contribution < 1.29 is 4.79 Å². The number of hydrogen-bond donors (Lipinski definition) is 1. The summed E-state index contributed by atoms with van der Waals surface area (Å²) >= 11 is 1.68. The summed E-state index contributed by atoms with van der Waals surface area (Å²) in [4.78, 5) is 28.3. The predicted molar refractivity (Wildman–Crippen MR) is 132 cm³/mol. The first-order valence-corrected chi connectivity index (χ1v) is 12.2. The third-order valence-electron chi connectivity index (χ3n) is 6.12. The molecule has 0 aliphatic carbocycles. The minimum atomic E-state index is 0.0856. The first kappa shape index (κ1) is 22.4. The van der Waals surface area contributed by atoms with E-state index in [9.17, 15) is 4.79 Å². The third kappa shape index (κ3) is 4.84. The van der Waals surface area contributed by atoms with Gasteiger partial charge in [-0.2, -0.15) is 0 Å². The van der Waals surface area contributed by atoms with Crippen LogP contribution in [0.5, 0.6) is 0 Å². The normalized spacial score (nSPS) is 14.8. The van der Waals surface area contributed by atoms with Gasteiger partial charge in [-0.05, 0) is 37.6 Å². The lowest BCUT2D eigenvalue weighted by Crippen LogP contribution is -2.34. The maximum Gasteiger partial charge on any atom is 0.246 e. The Balaban J connectivity index is 1.51. The summed E-state index contributed by atoms with van der Waals surface area (Å²) in [5.41, 5.74) is 2.50. The topological polar surface area (TPSA) is 61.4 Å². The fourth-order valence-electron chi connectivity index (χ4n) is 4.15. The van der Waals surface area contributed by atoms with Crippen LogP contribution in [0.25, 0.3) is 10.2 Å². The zero-order chi connectivity index (χ0) is 22.5. The lowest BCUT2D eigenvalue weighted by molar-refractivity contribution is -0.126. The Bertz CT molecular complexity index is 1090. The molecule has 1 N–H and O–H groups in total. The van der Waals surface area contributed by atoms with E-state index >= 15 is 0 Å². The number of carbonyl (C=O) groups is 1. The Morgan fingerprint density at radius 3 is 2.78 bits per heavy atom. The zero-order valence-electron chi connectivity index (χ0n) is 19.0. The molecule has 6 nitrogen and oxygen atoms in total. The first-order valence-electron chi connectivity index (χ1n) is 11.3. The van der Waals surface area contributed by atoms with Crippen LogP contribution in [0.4, 0.5) is 5.82 Å². The second-order valence-corrected chi connectivity index (χ2v) is 9.16. The Labute approximate surface area is 194 Å². The smallest absolute Gasteiger partial charge is 0.246 e. The number of amides is 1. The quantitative estimate of drug-likeness (QED) is 0.508. The van der Waals surface area contributed by atoms with Crippen LogP contribution in [-0.4, -0.2) is 51.9 Å². The standard InChI is InChI=1S/C25H31N5OS/c1-4-29(5-2)14-9-12-22(31)30-15-13-20-21(16-30)32-25-23(20)24(26-17-27-25)28-18(3)19-10-7-6-8-11-19/h6-12,17-18H,4-5,13-16H2,1-3H3,(H,26,27,28)/t18-/m1/s1. The van der Waals surface area contributed by atoms with Gasteiger partial charge >= 0.3 is 0 Å². The molecule has 1 amide bonds. The van der Waals surface area contributed by atoms with Gasteiger partial charge in [0, 0.05) is 30.1 Å². The van der Waals surface area contributed by atoms with Crippen molar-refractivity contribution in [3.63, 3.8) is 0 Å². The maximum absolute atomic E-state index is 12.7. The molecule has 0 unspecified atom stereocenters. The van der Waals surface area contributed by atoms with E-state index in [-0.39, 0.29) is 11.9 Å². The Morgan fingerprint density at radius 2 is 2.03 bits per heavy atom. The fourth-order valence-corrected chi connectivity index (χ4v) is 5.35. The van der Waals surface area contributed by atoms with Gasteiger partial charge in [0.15, 0.2) is 0 Å². The van der Waals surface area contributed by atoms with Gasteiger partial charge in [0.1, 0.15) is 17.0 Å². The van der Waals surface area contributed by atoms with Gasteiger partial charge < -0.3 is 15.1 Å². The van der Waals surface area contributed by atoms with Gasteiger partial charge in [0.05, 0.1) is 11.9 Å². The summed E-state index contributed by atoms with van der Waals surface area (Å²) in [6, 6.07) is 10.5. The number of fused-ring (bicyclic) bond motifs is 3. The summed E-state index contributed by atoms with van der Waals surface area (Å²) in [5.74, 6) is 0.963. The van der Waals surface area contributed by atoms with Crippen LogP contribution < -0.4 is 5.32 Å². The van der Waals surface area contributed by atoms with Crippen LogP contribution >= 0.6 is 11.3 Å². The molecular formula is C25H31N5OS. The number of nitrogens with one attached hydrogen (secondary N) is 1. The van der Waals surface area contributed by atoms with E-state index in [1.54, 1.807) is 23.7 Å². The van der Waals surface area contributed by atoms with Gasteiger partial charge in [0.2, 0.25) is 5.91 Å². The van der Waals surface area contributed by atoms with Gasteiger partial charge in [-0.1, -0.05) is 50.3 Å². The summed E-state index contributed by atoms with van der Waals surface area (Å²) in [6.07, 6.45) is 6.16. The molecule has 0 saturated heterocycles. The Morgan fingerprint density at radius 1 is 1.25 bits per heavy atom. The van der Waals surface area contributed by atoms with Crippen molar-refractivity contribution in [1.29, 1.82) is 0 Å². The van der Waals surface area contributed by atoms with E-state index in [1.807, 2.05) is 17.0 Å². The van der Waals surface area contributed by atoms with E-state index in [0.717, 1.165) is 48.6 Å². The molecule has 0 saturated carbocycles. The van der Waals surface area contributed by atoms with Crippen LogP contribution in [0, 0.1) is 0 Å². The summed E-state index contributed by atoms with van der Waals surface area (Å²) < 4.78 is 0. The van der Waals surface area contributed by atoms with Gasteiger partial charge in [-0.25, -0.2) is 9.97 Å². The average molecular weight is 450 g/mol.